The summed E-state index contributed by atoms with van der Waals surface area (Å²) in [6, 6.07) is 41.5. The molecule has 0 radical (unpaired) electrons. The highest BCUT2D eigenvalue weighted by atomic mass is 16.3. The highest BCUT2D eigenvalue weighted by molar-refractivity contribution is 5.19. The Morgan fingerprint density at radius 2 is 0.636 bits per heavy atom. The lowest BCUT2D eigenvalue weighted by Crippen LogP contribution is -2.56. The second-order valence-electron chi connectivity index (χ2n) is 13.1. The number of hydrogen-bond acceptors (Lipinski definition) is 4. The SMILES string of the molecule is CC(C)C[C@@H]([C@H](O)[C@@H](O)[C@H](CC(C)C)N(Cc1ccccc1)Cc1ccccc1)N(Cc1ccccc1)Cc1ccccc1. The van der Waals surface area contributed by atoms with Gasteiger partial charge in [-0.2, -0.15) is 0 Å². The van der Waals surface area contributed by atoms with Gasteiger partial charge in [0, 0.05) is 38.3 Å². The largest absolute Gasteiger partial charge is 0.389 e. The number of rotatable bonds is 17. The average Bonchev–Trinajstić information content (AvgIpc) is 3.03. The summed E-state index contributed by atoms with van der Waals surface area (Å²) in [5, 5.41) is 24.6. The Kier molecular flexibility index (Phi) is 13.2. The maximum absolute atomic E-state index is 12.3. The van der Waals surface area contributed by atoms with E-state index >= 15 is 0 Å². The smallest absolute Gasteiger partial charge is 0.0969 e. The molecule has 4 aromatic carbocycles. The van der Waals surface area contributed by atoms with Crippen molar-refractivity contribution in [3.05, 3.63) is 144 Å². The molecule has 0 saturated carbocycles. The standard InChI is InChI=1S/C40H52N2O2/c1-31(2)25-37(41(27-33-17-9-5-10-18-33)28-34-19-11-6-12-20-34)39(43)40(44)38(26-32(3)4)42(29-35-21-13-7-14-22-35)30-36-23-15-8-16-24-36/h5-24,31-32,37-40,43-44H,25-30H2,1-4H3/t37-,38-,39-,40-/m0/s1. The molecule has 0 saturated heterocycles. The van der Waals surface area contributed by atoms with Crippen molar-refractivity contribution in [1.82, 2.24) is 9.80 Å². The van der Waals surface area contributed by atoms with E-state index in [2.05, 4.69) is 135 Å². The quantitative estimate of drug-likeness (QED) is 0.131. The number of aliphatic hydroxyl groups is 2. The molecule has 4 atom stereocenters. The van der Waals surface area contributed by atoms with Gasteiger partial charge in [-0.15, -0.1) is 0 Å². The molecule has 4 nitrogen and oxygen atoms in total. The Labute approximate surface area is 266 Å². The Hall–Kier alpha value is -3.28. The van der Waals surface area contributed by atoms with Crippen molar-refractivity contribution in [3.63, 3.8) is 0 Å². The monoisotopic (exact) mass is 592 g/mol. The molecule has 44 heavy (non-hydrogen) atoms. The minimum absolute atomic E-state index is 0.227. The summed E-state index contributed by atoms with van der Waals surface area (Å²) < 4.78 is 0. The molecule has 2 N–H and O–H groups in total. The van der Waals surface area contributed by atoms with E-state index in [1.807, 2.05) is 24.3 Å². The topological polar surface area (TPSA) is 46.9 Å². The van der Waals surface area contributed by atoms with Crippen LogP contribution in [0.2, 0.25) is 0 Å². The van der Waals surface area contributed by atoms with Crippen molar-refractivity contribution >= 4 is 0 Å². The lowest BCUT2D eigenvalue weighted by molar-refractivity contribution is -0.0898. The van der Waals surface area contributed by atoms with Crippen LogP contribution in [0.1, 0.15) is 62.8 Å². The summed E-state index contributed by atoms with van der Waals surface area (Å²) in [6.07, 6.45) is -0.293. The Morgan fingerprint density at radius 1 is 0.409 bits per heavy atom. The molecule has 0 aliphatic rings. The molecule has 0 spiro atoms. The van der Waals surface area contributed by atoms with Crippen LogP contribution in [0.15, 0.2) is 121 Å². The predicted octanol–water partition coefficient (Wildman–Crippen LogP) is 7.94. The van der Waals surface area contributed by atoms with Crippen molar-refractivity contribution in [1.29, 1.82) is 0 Å². The van der Waals surface area contributed by atoms with E-state index in [4.69, 9.17) is 0 Å². The molecular weight excluding hydrogens is 540 g/mol. The highest BCUT2D eigenvalue weighted by Gasteiger charge is 2.38. The van der Waals surface area contributed by atoms with Crippen molar-refractivity contribution < 1.29 is 10.2 Å². The molecule has 0 aliphatic heterocycles. The Bertz CT molecular complexity index is 1130. The summed E-state index contributed by atoms with van der Waals surface area (Å²) in [5.74, 6) is 0.702. The van der Waals surface area contributed by atoms with Crippen molar-refractivity contribution in [3.8, 4) is 0 Å². The minimum atomic E-state index is -0.928. The first-order valence-electron chi connectivity index (χ1n) is 16.3. The fourth-order valence-corrected chi connectivity index (χ4v) is 6.28. The van der Waals surface area contributed by atoms with Gasteiger partial charge in [-0.1, -0.05) is 149 Å². The second kappa shape index (κ2) is 17.3. The van der Waals surface area contributed by atoms with Crippen LogP contribution in [0.5, 0.6) is 0 Å². The molecule has 234 valence electrons. The maximum atomic E-state index is 12.3. The molecule has 0 unspecified atom stereocenters. The molecule has 0 bridgehead atoms. The third kappa shape index (κ3) is 10.4. The van der Waals surface area contributed by atoms with Gasteiger partial charge in [-0.3, -0.25) is 9.80 Å². The van der Waals surface area contributed by atoms with Crippen LogP contribution in [0.4, 0.5) is 0 Å². The molecule has 4 rings (SSSR count). The first kappa shape index (κ1) is 33.6. The van der Waals surface area contributed by atoms with Gasteiger partial charge in [-0.05, 0) is 46.9 Å². The van der Waals surface area contributed by atoms with Crippen LogP contribution < -0.4 is 0 Å². The van der Waals surface area contributed by atoms with Gasteiger partial charge in [0.25, 0.3) is 0 Å². The van der Waals surface area contributed by atoms with Gasteiger partial charge in [0.05, 0.1) is 12.2 Å². The highest BCUT2D eigenvalue weighted by Crippen LogP contribution is 2.28. The normalized spacial score (nSPS) is 14.7. The van der Waals surface area contributed by atoms with Crippen LogP contribution in [-0.4, -0.2) is 44.3 Å². The summed E-state index contributed by atoms with van der Waals surface area (Å²) in [4.78, 5) is 4.76. The maximum Gasteiger partial charge on any atom is 0.0969 e. The third-order valence-electron chi connectivity index (χ3n) is 8.42. The minimum Gasteiger partial charge on any atom is -0.389 e. The van der Waals surface area contributed by atoms with E-state index in [9.17, 15) is 10.2 Å². The van der Waals surface area contributed by atoms with Crippen LogP contribution in [0.25, 0.3) is 0 Å². The lowest BCUT2D eigenvalue weighted by Gasteiger charge is -2.43. The molecule has 0 fully saturated rings. The summed E-state index contributed by atoms with van der Waals surface area (Å²) in [5.41, 5.74) is 4.81. The first-order valence-corrected chi connectivity index (χ1v) is 16.3. The summed E-state index contributed by atoms with van der Waals surface area (Å²) >= 11 is 0. The molecular formula is C40H52N2O2. The number of nitrogens with zero attached hydrogens (tertiary/aromatic N) is 2. The number of hydrogen-bond donors (Lipinski definition) is 2. The molecule has 0 amide bonds. The Morgan fingerprint density at radius 3 is 0.841 bits per heavy atom. The summed E-state index contributed by atoms with van der Waals surface area (Å²) in [7, 11) is 0. The third-order valence-corrected chi connectivity index (χ3v) is 8.42. The fraction of sp³-hybridized carbons (Fsp3) is 0.400. The Balaban J connectivity index is 1.69. The van der Waals surface area contributed by atoms with Crippen LogP contribution in [0.3, 0.4) is 0 Å². The van der Waals surface area contributed by atoms with Crippen molar-refractivity contribution in [2.24, 2.45) is 11.8 Å². The van der Waals surface area contributed by atoms with E-state index in [-0.39, 0.29) is 12.1 Å². The van der Waals surface area contributed by atoms with Gasteiger partial charge >= 0.3 is 0 Å². The second-order valence-corrected chi connectivity index (χ2v) is 13.1. The molecule has 0 aliphatic carbocycles. The molecule has 0 heterocycles. The number of benzene rings is 4. The zero-order chi connectivity index (χ0) is 31.3. The van der Waals surface area contributed by atoms with E-state index in [1.54, 1.807) is 0 Å². The van der Waals surface area contributed by atoms with Gasteiger partial charge in [-0.25, -0.2) is 0 Å². The summed E-state index contributed by atoms with van der Waals surface area (Å²) in [6.45, 7) is 11.6. The zero-order valence-corrected chi connectivity index (χ0v) is 27.0. The number of aliphatic hydroxyl groups excluding tert-OH is 2. The first-order chi connectivity index (χ1) is 21.3. The molecule has 4 heteroatoms. The van der Waals surface area contributed by atoms with Crippen LogP contribution in [-0.2, 0) is 26.2 Å². The van der Waals surface area contributed by atoms with Crippen LogP contribution in [0, 0.1) is 11.8 Å². The van der Waals surface area contributed by atoms with Gasteiger partial charge in [0.1, 0.15) is 0 Å². The van der Waals surface area contributed by atoms with Crippen molar-refractivity contribution in [2.75, 3.05) is 0 Å². The average molecular weight is 593 g/mol. The van der Waals surface area contributed by atoms with E-state index in [0.717, 1.165) is 12.8 Å². The van der Waals surface area contributed by atoms with Gasteiger partial charge in [0.15, 0.2) is 0 Å². The van der Waals surface area contributed by atoms with Gasteiger partial charge in [0.2, 0.25) is 0 Å². The van der Waals surface area contributed by atoms with E-state index < -0.39 is 12.2 Å². The molecule has 4 aromatic rings. The molecule has 0 aromatic heterocycles. The fourth-order valence-electron chi connectivity index (χ4n) is 6.28. The predicted molar refractivity (Wildman–Crippen MR) is 183 cm³/mol. The van der Waals surface area contributed by atoms with Gasteiger partial charge < -0.3 is 10.2 Å². The lowest BCUT2D eigenvalue weighted by atomic mass is 9.87. The van der Waals surface area contributed by atoms with E-state index in [1.165, 1.54) is 22.3 Å². The van der Waals surface area contributed by atoms with Crippen molar-refractivity contribution in [2.45, 2.75) is 91.0 Å². The van der Waals surface area contributed by atoms with Crippen LogP contribution >= 0.6 is 0 Å². The zero-order valence-electron chi connectivity index (χ0n) is 27.0. The van der Waals surface area contributed by atoms with E-state index in [0.29, 0.717) is 38.0 Å².